The zero-order chi connectivity index (χ0) is 16.3. The van der Waals surface area contributed by atoms with Crippen molar-refractivity contribution in [1.29, 1.82) is 0 Å². The van der Waals surface area contributed by atoms with E-state index in [1.807, 2.05) is 0 Å². The number of benzene rings is 1. The zero-order valence-electron chi connectivity index (χ0n) is 11.9. The monoisotopic (exact) mass is 321 g/mol. The van der Waals surface area contributed by atoms with Gasteiger partial charge in [0, 0.05) is 5.56 Å². The normalized spacial score (nSPS) is 31.1. The summed E-state index contributed by atoms with van der Waals surface area (Å²) in [5.41, 5.74) is 1.42. The summed E-state index contributed by atoms with van der Waals surface area (Å²) in [6, 6.07) is 0.742. The molecule has 0 saturated heterocycles. The minimum atomic E-state index is -1.39. The zero-order valence-corrected chi connectivity index (χ0v) is 11.9. The summed E-state index contributed by atoms with van der Waals surface area (Å²) in [5.74, 6) is 0.210. The molecule has 5 N–H and O–H groups in total. The predicted octanol–water partition coefficient (Wildman–Crippen LogP) is -1.50. The summed E-state index contributed by atoms with van der Waals surface area (Å²) in [7, 11) is 0. The molecule has 3 aliphatic rings. The maximum atomic E-state index is 12.5. The van der Waals surface area contributed by atoms with Crippen LogP contribution in [0.3, 0.4) is 0 Å². The van der Waals surface area contributed by atoms with E-state index in [-0.39, 0.29) is 12.4 Å². The molecule has 0 spiro atoms. The van der Waals surface area contributed by atoms with Crippen molar-refractivity contribution in [3.63, 3.8) is 0 Å². The Morgan fingerprint density at radius 2 is 2.00 bits per heavy atom. The quantitative estimate of drug-likeness (QED) is 0.426. The first-order chi connectivity index (χ1) is 11.0. The first-order valence-electron chi connectivity index (χ1n) is 7.16. The van der Waals surface area contributed by atoms with Crippen LogP contribution in [-0.4, -0.2) is 57.5 Å². The third kappa shape index (κ3) is 1.89. The summed E-state index contributed by atoms with van der Waals surface area (Å²) < 4.78 is 10.6. The van der Waals surface area contributed by atoms with Crippen LogP contribution in [0.4, 0.5) is 0 Å². The number of rotatable bonds is 1. The highest BCUT2D eigenvalue weighted by Gasteiger charge is 2.44. The molecular weight excluding hydrogens is 306 g/mol. The van der Waals surface area contributed by atoms with Crippen molar-refractivity contribution >= 4 is 11.5 Å². The minimum absolute atomic E-state index is 0.0146. The Kier molecular flexibility index (Phi) is 3.10. The lowest BCUT2D eigenvalue weighted by Gasteiger charge is -2.39. The Bertz CT molecular complexity index is 729. The van der Waals surface area contributed by atoms with Crippen molar-refractivity contribution in [2.24, 2.45) is 0 Å². The van der Waals surface area contributed by atoms with Crippen molar-refractivity contribution in [2.45, 2.75) is 31.0 Å². The van der Waals surface area contributed by atoms with Crippen LogP contribution in [0.2, 0.25) is 0 Å². The standard InChI is InChI=1S/C15H15NO7/c17-3-7-10-5(2-9-14(7)23-4-22-9)6-1-8(18)12(19)13(20)11(6)16-15(10)21/h1-2,8,11-13,17-20H,3-4H2,(H,16,21)/t8-,11+,12+,13-/m0/s1. The topological polar surface area (TPSA) is 128 Å². The molecule has 0 bridgehead atoms. The average Bonchev–Trinajstić information content (AvgIpc) is 3.00. The third-order valence-electron chi connectivity index (χ3n) is 4.47. The van der Waals surface area contributed by atoms with E-state index in [4.69, 9.17) is 9.47 Å². The number of hydrogen-bond acceptors (Lipinski definition) is 7. The first-order valence-corrected chi connectivity index (χ1v) is 7.16. The Labute approximate surface area is 130 Å². The molecule has 2 aliphatic heterocycles. The summed E-state index contributed by atoms with van der Waals surface area (Å²) >= 11 is 0. The molecule has 122 valence electrons. The predicted molar refractivity (Wildman–Crippen MR) is 75.7 cm³/mol. The van der Waals surface area contributed by atoms with Crippen LogP contribution >= 0.6 is 0 Å². The van der Waals surface area contributed by atoms with E-state index in [1.165, 1.54) is 6.08 Å². The van der Waals surface area contributed by atoms with Gasteiger partial charge in [-0.2, -0.15) is 0 Å². The van der Waals surface area contributed by atoms with Gasteiger partial charge in [0.25, 0.3) is 5.91 Å². The minimum Gasteiger partial charge on any atom is -0.454 e. The number of fused-ring (bicyclic) bond motifs is 4. The molecular formula is C15H15NO7. The van der Waals surface area contributed by atoms with Gasteiger partial charge < -0.3 is 35.2 Å². The van der Waals surface area contributed by atoms with Crippen molar-refractivity contribution in [1.82, 2.24) is 5.32 Å². The number of hydrogen-bond donors (Lipinski definition) is 5. The highest BCUT2D eigenvalue weighted by Crippen LogP contribution is 2.44. The van der Waals surface area contributed by atoms with Gasteiger partial charge in [-0.25, -0.2) is 0 Å². The van der Waals surface area contributed by atoms with Gasteiger partial charge >= 0.3 is 0 Å². The van der Waals surface area contributed by atoms with Crippen molar-refractivity contribution < 1.29 is 34.7 Å². The van der Waals surface area contributed by atoms with Gasteiger partial charge in [-0.1, -0.05) is 0 Å². The van der Waals surface area contributed by atoms with Crippen molar-refractivity contribution in [3.8, 4) is 11.5 Å². The lowest BCUT2D eigenvalue weighted by atomic mass is 9.78. The fourth-order valence-corrected chi connectivity index (χ4v) is 3.35. The Balaban J connectivity index is 1.97. The molecule has 1 amide bonds. The third-order valence-corrected chi connectivity index (χ3v) is 4.47. The summed E-state index contributed by atoms with van der Waals surface area (Å²) in [4.78, 5) is 12.5. The van der Waals surface area contributed by atoms with Gasteiger partial charge in [0.2, 0.25) is 6.79 Å². The molecule has 23 heavy (non-hydrogen) atoms. The van der Waals surface area contributed by atoms with E-state index in [1.54, 1.807) is 6.07 Å². The molecule has 1 aliphatic carbocycles. The van der Waals surface area contributed by atoms with E-state index in [2.05, 4.69) is 5.32 Å². The highest BCUT2D eigenvalue weighted by molar-refractivity contribution is 6.06. The molecule has 1 aromatic rings. The fraction of sp³-hybridized carbons (Fsp3) is 0.400. The number of carbonyl (C=O) groups is 1. The van der Waals surface area contributed by atoms with Crippen LogP contribution < -0.4 is 14.8 Å². The maximum absolute atomic E-state index is 12.5. The molecule has 0 fully saturated rings. The molecule has 8 heteroatoms. The molecule has 4 rings (SSSR count). The SMILES string of the molecule is O=C1N[C@@H]2C(=C[C@H](O)[C@@H](O)[C@H]2O)c2cc3c(c(CO)c21)OCO3. The lowest BCUT2D eigenvalue weighted by Crippen LogP contribution is -2.57. The number of aliphatic hydroxyl groups is 4. The summed E-state index contributed by atoms with van der Waals surface area (Å²) in [5, 5.41) is 42.1. The Morgan fingerprint density at radius 3 is 2.74 bits per heavy atom. The molecule has 0 radical (unpaired) electrons. The number of amides is 1. The van der Waals surface area contributed by atoms with Crippen molar-refractivity contribution in [2.75, 3.05) is 6.79 Å². The number of ether oxygens (including phenoxy) is 2. The van der Waals surface area contributed by atoms with E-state index < -0.39 is 36.9 Å². The molecule has 0 unspecified atom stereocenters. The molecule has 1 aromatic carbocycles. The molecule has 2 heterocycles. The lowest BCUT2D eigenvalue weighted by molar-refractivity contribution is -0.0535. The smallest absolute Gasteiger partial charge is 0.252 e. The molecule has 8 nitrogen and oxygen atoms in total. The molecule has 0 saturated carbocycles. The highest BCUT2D eigenvalue weighted by atomic mass is 16.7. The molecule has 4 atom stereocenters. The largest absolute Gasteiger partial charge is 0.454 e. The molecule has 0 aromatic heterocycles. The first kappa shape index (κ1) is 14.5. The van der Waals surface area contributed by atoms with Crippen LogP contribution in [0.1, 0.15) is 21.5 Å². The van der Waals surface area contributed by atoms with Crippen LogP contribution in [0.5, 0.6) is 11.5 Å². The number of carbonyl (C=O) groups excluding carboxylic acids is 1. The van der Waals surface area contributed by atoms with Crippen LogP contribution in [0, 0.1) is 0 Å². The summed E-state index contributed by atoms with van der Waals surface area (Å²) in [6.07, 6.45) is -2.60. The van der Waals surface area contributed by atoms with Gasteiger partial charge in [-0.15, -0.1) is 0 Å². The Hall–Kier alpha value is -2.13. The van der Waals surface area contributed by atoms with Gasteiger partial charge in [-0.05, 0) is 23.3 Å². The van der Waals surface area contributed by atoms with Crippen molar-refractivity contribution in [3.05, 3.63) is 28.8 Å². The second-order valence-electron chi connectivity index (χ2n) is 5.71. The summed E-state index contributed by atoms with van der Waals surface area (Å²) in [6.45, 7) is -0.437. The van der Waals surface area contributed by atoms with Crippen LogP contribution in [0.15, 0.2) is 12.1 Å². The van der Waals surface area contributed by atoms with Crippen LogP contribution in [0.25, 0.3) is 5.57 Å². The Morgan fingerprint density at radius 1 is 1.22 bits per heavy atom. The van der Waals surface area contributed by atoms with E-state index >= 15 is 0 Å². The van der Waals surface area contributed by atoms with E-state index in [0.29, 0.717) is 28.2 Å². The maximum Gasteiger partial charge on any atom is 0.252 e. The number of aliphatic hydroxyl groups excluding tert-OH is 4. The number of nitrogens with one attached hydrogen (secondary N) is 1. The van der Waals surface area contributed by atoms with Gasteiger partial charge in [0.1, 0.15) is 18.3 Å². The second kappa shape index (κ2) is 4.93. The van der Waals surface area contributed by atoms with Crippen LogP contribution in [-0.2, 0) is 6.61 Å². The second-order valence-corrected chi connectivity index (χ2v) is 5.71. The van der Waals surface area contributed by atoms with E-state index in [0.717, 1.165) is 0 Å². The van der Waals surface area contributed by atoms with Gasteiger partial charge in [-0.3, -0.25) is 4.79 Å². The van der Waals surface area contributed by atoms with Gasteiger partial charge in [0.05, 0.1) is 18.2 Å². The fourth-order valence-electron chi connectivity index (χ4n) is 3.35. The van der Waals surface area contributed by atoms with E-state index in [9.17, 15) is 25.2 Å². The average molecular weight is 321 g/mol. The van der Waals surface area contributed by atoms with Gasteiger partial charge in [0.15, 0.2) is 11.5 Å².